The number of hydrogen-bond acceptors (Lipinski definition) is 4. The summed E-state index contributed by atoms with van der Waals surface area (Å²) in [6.07, 6.45) is 0. The fourth-order valence-corrected chi connectivity index (χ4v) is 18.1. The summed E-state index contributed by atoms with van der Waals surface area (Å²) >= 11 is 0. The first-order chi connectivity index (χ1) is 39.2. The van der Waals surface area contributed by atoms with E-state index in [4.69, 9.17) is 8.83 Å². The molecule has 0 radical (unpaired) electrons. The molecule has 0 fully saturated rings. The molecule has 2 aromatic heterocycles. The van der Waals surface area contributed by atoms with Gasteiger partial charge in [0.15, 0.2) is 8.07 Å². The van der Waals surface area contributed by atoms with Gasteiger partial charge < -0.3 is 18.6 Å². The van der Waals surface area contributed by atoms with Crippen LogP contribution in [0.4, 0.5) is 34.1 Å². The van der Waals surface area contributed by atoms with Crippen LogP contribution in [0.1, 0.15) is 0 Å². The SMILES string of the molecule is c1ccc(N2c3ccccc3[Si](c3ccc4c(c3)oc3ccccc34)(c3ccc4c(c3)oc3ccccc34)c3cc(N(c4ccc(-c5cccc6ccccc56)cc4)c4ccc(-c5cccc6ccccc56)cc4)ccc32)cc1. The molecule has 0 N–H and O–H groups in total. The third-order valence-electron chi connectivity index (χ3n) is 16.5. The highest BCUT2D eigenvalue weighted by atomic mass is 28.3. The van der Waals surface area contributed by atoms with Gasteiger partial charge in [-0.05, 0) is 149 Å². The van der Waals surface area contributed by atoms with Crippen molar-refractivity contribution in [2.75, 3.05) is 9.80 Å². The Labute approximate surface area is 457 Å². The quantitative estimate of drug-likeness (QED) is 0.142. The lowest BCUT2D eigenvalue weighted by Crippen LogP contribution is -2.77. The maximum Gasteiger partial charge on any atom is 0.184 e. The minimum absolute atomic E-state index is 0.871. The summed E-state index contributed by atoms with van der Waals surface area (Å²) in [6.45, 7) is 0. The second-order valence-electron chi connectivity index (χ2n) is 20.7. The Hall–Kier alpha value is -10.2. The van der Waals surface area contributed by atoms with E-state index in [1.54, 1.807) is 0 Å². The number of fused-ring (bicyclic) bond motifs is 10. The summed E-state index contributed by atoms with van der Waals surface area (Å²) in [5, 5.41) is 14.3. The number of nitrogens with zero attached hydrogens (tertiary/aromatic N) is 2. The second-order valence-corrected chi connectivity index (χ2v) is 24.5. The van der Waals surface area contributed by atoms with Gasteiger partial charge in [0, 0.05) is 55.7 Å². The number of hydrogen-bond donors (Lipinski definition) is 0. The highest BCUT2D eigenvalue weighted by Crippen LogP contribution is 2.44. The predicted molar refractivity (Wildman–Crippen MR) is 333 cm³/mol. The predicted octanol–water partition coefficient (Wildman–Crippen LogP) is 17.8. The first kappa shape index (κ1) is 45.0. The second kappa shape index (κ2) is 18.0. The molecule has 3 heterocycles. The van der Waals surface area contributed by atoms with Gasteiger partial charge in [0.05, 0.1) is 0 Å². The molecule has 0 saturated heterocycles. The summed E-state index contributed by atoms with van der Waals surface area (Å²) in [7, 11) is -3.41. The zero-order chi connectivity index (χ0) is 52.0. The van der Waals surface area contributed by atoms with Gasteiger partial charge in [-0.15, -0.1) is 0 Å². The molecule has 5 heteroatoms. The van der Waals surface area contributed by atoms with E-state index in [2.05, 4.69) is 301 Å². The summed E-state index contributed by atoms with van der Waals surface area (Å²) < 4.78 is 13.7. The molecule has 0 amide bonds. The van der Waals surface area contributed by atoms with E-state index in [0.29, 0.717) is 0 Å². The summed E-state index contributed by atoms with van der Waals surface area (Å²) in [5.41, 5.74) is 14.8. The standard InChI is InChI=1S/C74H48N2O2Si/c1-2-20-53(21-3-1)76-67-28-10-13-31-73(67)79(57-41-43-65-63-24-8-11-29-69(63)77-71(65)47-57,58-42-44-66-64-25-9-12-30-70(64)78-72(66)48-58)74-46-56(40-45-68(74)76)75(54-36-32-51(33-37-54)61-26-14-18-49-16-4-6-22-59(49)61)55-38-34-52(35-39-55)62-27-15-19-50-17-5-7-23-60(50)62/h1-48H. The molecule has 1 aliphatic heterocycles. The summed E-state index contributed by atoms with van der Waals surface area (Å²) in [4.78, 5) is 4.92. The van der Waals surface area contributed by atoms with Crippen LogP contribution in [0.5, 0.6) is 0 Å². The van der Waals surface area contributed by atoms with Gasteiger partial charge in [0.1, 0.15) is 22.3 Å². The molecule has 0 unspecified atom stereocenters. The Morgan fingerprint density at radius 2 is 0.734 bits per heavy atom. The summed E-state index contributed by atoms with van der Waals surface area (Å²) in [5.74, 6) is 0. The fraction of sp³-hybridized carbons (Fsp3) is 0. The molecule has 0 bridgehead atoms. The van der Waals surface area contributed by atoms with Crippen molar-refractivity contribution < 1.29 is 8.83 Å². The van der Waals surface area contributed by atoms with Gasteiger partial charge in [0.25, 0.3) is 0 Å². The van der Waals surface area contributed by atoms with Gasteiger partial charge in [-0.3, -0.25) is 0 Å². The molecule has 0 atom stereocenters. The zero-order valence-electron chi connectivity index (χ0n) is 42.9. The van der Waals surface area contributed by atoms with Crippen LogP contribution >= 0.6 is 0 Å². The van der Waals surface area contributed by atoms with Gasteiger partial charge >= 0.3 is 0 Å². The van der Waals surface area contributed by atoms with Crippen LogP contribution in [-0.2, 0) is 0 Å². The fourth-order valence-electron chi connectivity index (χ4n) is 13.0. The monoisotopic (exact) mass is 1020 g/mol. The number of para-hydroxylation sites is 4. The maximum atomic E-state index is 6.83. The largest absolute Gasteiger partial charge is 0.456 e. The van der Waals surface area contributed by atoms with Crippen molar-refractivity contribution >= 4 is 128 Å². The molecule has 0 saturated carbocycles. The maximum absolute atomic E-state index is 6.83. The molecule has 79 heavy (non-hydrogen) atoms. The topological polar surface area (TPSA) is 32.8 Å². The number of furan rings is 2. The van der Waals surface area contributed by atoms with Crippen LogP contribution in [0.25, 0.3) is 87.7 Å². The van der Waals surface area contributed by atoms with Crippen LogP contribution < -0.4 is 30.5 Å². The zero-order valence-corrected chi connectivity index (χ0v) is 43.9. The molecule has 0 spiro atoms. The molecule has 4 nitrogen and oxygen atoms in total. The van der Waals surface area contributed by atoms with E-state index in [1.165, 1.54) is 64.5 Å². The molecule has 15 aromatic rings. The minimum atomic E-state index is -3.41. The Morgan fingerprint density at radius 1 is 0.291 bits per heavy atom. The lowest BCUT2D eigenvalue weighted by molar-refractivity contribution is 0.669. The molecule has 0 aliphatic carbocycles. The number of benzene rings is 13. The first-order valence-electron chi connectivity index (χ1n) is 27.1. The van der Waals surface area contributed by atoms with Gasteiger partial charge in [0.2, 0.25) is 0 Å². The van der Waals surface area contributed by atoms with Crippen molar-refractivity contribution in [2.24, 2.45) is 0 Å². The molecule has 370 valence electrons. The van der Waals surface area contributed by atoms with Gasteiger partial charge in [-0.1, -0.05) is 206 Å². The Bertz CT molecular complexity index is 4620. The normalized spacial score (nSPS) is 12.9. The highest BCUT2D eigenvalue weighted by molar-refractivity contribution is 7.21. The van der Waals surface area contributed by atoms with E-state index in [0.717, 1.165) is 78.0 Å². The number of rotatable bonds is 8. The van der Waals surface area contributed by atoms with Crippen molar-refractivity contribution in [3.63, 3.8) is 0 Å². The van der Waals surface area contributed by atoms with Crippen molar-refractivity contribution in [3.8, 4) is 22.3 Å². The van der Waals surface area contributed by atoms with Crippen molar-refractivity contribution in [1.29, 1.82) is 0 Å². The molecular weight excluding hydrogens is 977 g/mol. The van der Waals surface area contributed by atoms with Crippen LogP contribution in [0.2, 0.25) is 0 Å². The lowest BCUT2D eigenvalue weighted by atomic mass is 9.97. The highest BCUT2D eigenvalue weighted by Gasteiger charge is 2.50. The third kappa shape index (κ3) is 7.07. The molecule has 16 rings (SSSR count). The Balaban J connectivity index is 0.972. The average Bonchev–Trinajstić information content (AvgIpc) is 4.22. The first-order valence-corrected chi connectivity index (χ1v) is 29.1. The Morgan fingerprint density at radius 3 is 1.30 bits per heavy atom. The van der Waals surface area contributed by atoms with Crippen LogP contribution in [0.3, 0.4) is 0 Å². The van der Waals surface area contributed by atoms with Gasteiger partial charge in [-0.2, -0.15) is 0 Å². The minimum Gasteiger partial charge on any atom is -0.456 e. The van der Waals surface area contributed by atoms with E-state index < -0.39 is 8.07 Å². The lowest BCUT2D eigenvalue weighted by Gasteiger charge is -2.45. The van der Waals surface area contributed by atoms with Crippen molar-refractivity contribution in [3.05, 3.63) is 291 Å². The smallest absolute Gasteiger partial charge is 0.184 e. The average molecular weight is 1030 g/mol. The van der Waals surface area contributed by atoms with E-state index in [1.807, 2.05) is 0 Å². The Kier molecular flexibility index (Phi) is 10.2. The van der Waals surface area contributed by atoms with E-state index >= 15 is 0 Å². The molecular formula is C74H48N2O2Si. The van der Waals surface area contributed by atoms with Crippen LogP contribution in [-0.4, -0.2) is 8.07 Å². The molecule has 1 aliphatic rings. The van der Waals surface area contributed by atoms with E-state index in [-0.39, 0.29) is 0 Å². The van der Waals surface area contributed by atoms with Crippen molar-refractivity contribution in [2.45, 2.75) is 0 Å². The van der Waals surface area contributed by atoms with Crippen molar-refractivity contribution in [1.82, 2.24) is 0 Å². The van der Waals surface area contributed by atoms with Gasteiger partial charge in [-0.25, -0.2) is 0 Å². The third-order valence-corrected chi connectivity index (χ3v) is 21.3. The van der Waals surface area contributed by atoms with Crippen LogP contribution in [0.15, 0.2) is 300 Å². The van der Waals surface area contributed by atoms with Crippen LogP contribution in [0, 0.1) is 0 Å². The molecule has 13 aromatic carbocycles. The number of anilines is 6. The summed E-state index contributed by atoms with van der Waals surface area (Å²) in [6, 6.07) is 107. The van der Waals surface area contributed by atoms with E-state index in [9.17, 15) is 0 Å².